The molecule has 1 heterocycles. The molecule has 0 spiro atoms. The molecule has 0 aliphatic rings. The van der Waals surface area contributed by atoms with Crippen LogP contribution in [0.3, 0.4) is 0 Å². The number of aromatic nitrogens is 1. The van der Waals surface area contributed by atoms with Gasteiger partial charge in [0, 0.05) is 11.8 Å². The summed E-state index contributed by atoms with van der Waals surface area (Å²) in [5.74, 6) is -0.280. The molecule has 0 unspecified atom stereocenters. The van der Waals surface area contributed by atoms with E-state index in [0.29, 0.717) is 0 Å². The van der Waals surface area contributed by atoms with E-state index >= 15 is 0 Å². The second kappa shape index (κ2) is 6.45. The highest BCUT2D eigenvalue weighted by Crippen LogP contribution is 2.37. The number of nitrogens with zero attached hydrogens (tertiary/aromatic N) is 1. The average Bonchev–Trinajstić information content (AvgIpc) is 2.99. The van der Waals surface area contributed by atoms with Crippen LogP contribution in [0.1, 0.15) is 11.9 Å². The van der Waals surface area contributed by atoms with Crippen LogP contribution in [0.25, 0.3) is 21.7 Å². The smallest absolute Gasteiger partial charge is 0.175 e. The lowest BCUT2D eigenvalue weighted by Crippen LogP contribution is -1.96. The average molecular weight is 361 g/mol. The number of thiazole rings is 1. The van der Waals surface area contributed by atoms with Gasteiger partial charge in [-0.05, 0) is 36.2 Å². The van der Waals surface area contributed by atoms with Gasteiger partial charge in [-0.15, -0.1) is 11.3 Å². The lowest BCUT2D eigenvalue weighted by atomic mass is 10.1. The maximum atomic E-state index is 13.2. The van der Waals surface area contributed by atoms with E-state index in [-0.39, 0.29) is 10.7 Å². The lowest BCUT2D eigenvalue weighted by Gasteiger charge is -2.04. The van der Waals surface area contributed by atoms with Gasteiger partial charge in [0.05, 0.1) is 20.5 Å². The van der Waals surface area contributed by atoms with Gasteiger partial charge in [-0.2, -0.15) is 0 Å². The first-order valence-electron chi connectivity index (χ1n) is 7.44. The molecular weight excluding hydrogens is 345 g/mol. The quantitative estimate of drug-likeness (QED) is 0.683. The summed E-state index contributed by atoms with van der Waals surface area (Å²) < 4.78 is 36.4. The molecule has 0 amide bonds. The van der Waals surface area contributed by atoms with Gasteiger partial charge >= 0.3 is 0 Å². The van der Waals surface area contributed by atoms with Gasteiger partial charge in [-0.25, -0.2) is 17.8 Å². The Morgan fingerprint density at radius 1 is 1.00 bits per heavy atom. The first-order valence-corrected chi connectivity index (χ1v) is 10.2. The summed E-state index contributed by atoms with van der Waals surface area (Å²) in [6.07, 6.45) is 1.99. The van der Waals surface area contributed by atoms with Gasteiger partial charge in [-0.3, -0.25) is 0 Å². The number of sulfone groups is 1. The SMILES string of the molecule is CCc1nc(-c2ccc(S(C)(=O)=O)cc2)c(-c2ccc(F)cc2)s1. The minimum atomic E-state index is -3.23. The Kier molecular flexibility index (Phi) is 4.51. The van der Waals surface area contributed by atoms with Gasteiger partial charge < -0.3 is 0 Å². The summed E-state index contributed by atoms with van der Waals surface area (Å²) in [6.45, 7) is 2.03. The summed E-state index contributed by atoms with van der Waals surface area (Å²) in [5.41, 5.74) is 2.54. The fourth-order valence-electron chi connectivity index (χ4n) is 2.37. The fraction of sp³-hybridized carbons (Fsp3) is 0.167. The van der Waals surface area contributed by atoms with Crippen LogP contribution < -0.4 is 0 Å². The van der Waals surface area contributed by atoms with Crippen LogP contribution in [-0.2, 0) is 16.3 Å². The molecule has 6 heteroatoms. The monoisotopic (exact) mass is 361 g/mol. The van der Waals surface area contributed by atoms with Crippen LogP contribution >= 0.6 is 11.3 Å². The number of hydrogen-bond donors (Lipinski definition) is 0. The van der Waals surface area contributed by atoms with E-state index in [2.05, 4.69) is 4.98 Å². The second-order valence-electron chi connectivity index (χ2n) is 5.44. The Balaban J connectivity index is 2.10. The van der Waals surface area contributed by atoms with Crippen molar-refractivity contribution >= 4 is 21.2 Å². The summed E-state index contributed by atoms with van der Waals surface area (Å²) in [7, 11) is -3.23. The molecule has 3 rings (SSSR count). The van der Waals surface area contributed by atoms with Gasteiger partial charge in [0.1, 0.15) is 5.82 Å². The highest BCUT2D eigenvalue weighted by Gasteiger charge is 2.15. The number of rotatable bonds is 4. The zero-order chi connectivity index (χ0) is 17.3. The third kappa shape index (κ3) is 3.39. The standard InChI is InChI=1S/C18H16FNO2S2/c1-3-16-20-17(12-6-10-15(11-7-12)24(2,21)22)18(23-16)13-4-8-14(19)9-5-13/h4-11H,3H2,1-2H3. The zero-order valence-corrected chi connectivity index (χ0v) is 14.9. The Hall–Kier alpha value is -2.05. The molecule has 24 heavy (non-hydrogen) atoms. The Bertz CT molecular complexity index is 959. The molecule has 1 aromatic heterocycles. The van der Waals surface area contributed by atoms with E-state index < -0.39 is 9.84 Å². The molecule has 0 aliphatic heterocycles. The molecule has 0 saturated carbocycles. The Labute approximate surface area is 144 Å². The van der Waals surface area contributed by atoms with Gasteiger partial charge in [-0.1, -0.05) is 31.2 Å². The van der Waals surface area contributed by atoms with Crippen LogP contribution in [0, 0.1) is 5.82 Å². The van der Waals surface area contributed by atoms with Gasteiger partial charge in [0.2, 0.25) is 0 Å². The maximum absolute atomic E-state index is 13.2. The number of halogens is 1. The molecule has 124 valence electrons. The molecule has 0 aliphatic carbocycles. The van der Waals surface area contributed by atoms with Crippen LogP contribution in [0.2, 0.25) is 0 Å². The third-order valence-electron chi connectivity index (χ3n) is 3.64. The molecule has 0 atom stereocenters. The highest BCUT2D eigenvalue weighted by molar-refractivity contribution is 7.90. The summed E-state index contributed by atoms with van der Waals surface area (Å²) in [6, 6.07) is 13.0. The van der Waals surface area contributed by atoms with E-state index in [4.69, 9.17) is 0 Å². The van der Waals surface area contributed by atoms with Crippen molar-refractivity contribution in [3.8, 4) is 21.7 Å². The lowest BCUT2D eigenvalue weighted by molar-refractivity contribution is 0.602. The zero-order valence-electron chi connectivity index (χ0n) is 13.3. The predicted octanol–water partition coefficient (Wildman–Crippen LogP) is 4.58. The predicted molar refractivity (Wildman–Crippen MR) is 95.4 cm³/mol. The van der Waals surface area contributed by atoms with Crippen molar-refractivity contribution in [2.75, 3.05) is 6.26 Å². The molecule has 0 N–H and O–H groups in total. The minimum absolute atomic E-state index is 0.278. The molecule has 0 fully saturated rings. The minimum Gasteiger partial charge on any atom is -0.241 e. The van der Waals surface area contributed by atoms with Crippen LogP contribution in [0.5, 0.6) is 0 Å². The first kappa shape index (κ1) is 16.8. The second-order valence-corrected chi connectivity index (χ2v) is 8.54. The van der Waals surface area contributed by atoms with Crippen LogP contribution in [-0.4, -0.2) is 19.7 Å². The fourth-order valence-corrected chi connectivity index (χ4v) is 4.03. The van der Waals surface area contributed by atoms with E-state index in [9.17, 15) is 12.8 Å². The molecule has 0 radical (unpaired) electrons. The number of hydrogen-bond acceptors (Lipinski definition) is 4. The summed E-state index contributed by atoms with van der Waals surface area (Å²) >= 11 is 1.57. The Morgan fingerprint density at radius 3 is 2.12 bits per heavy atom. The Morgan fingerprint density at radius 2 is 1.58 bits per heavy atom. The van der Waals surface area contributed by atoms with Crippen molar-refractivity contribution in [1.29, 1.82) is 0 Å². The molecule has 2 aromatic carbocycles. The van der Waals surface area contributed by atoms with Crippen molar-refractivity contribution in [3.63, 3.8) is 0 Å². The summed E-state index contributed by atoms with van der Waals surface area (Å²) in [4.78, 5) is 5.90. The highest BCUT2D eigenvalue weighted by atomic mass is 32.2. The maximum Gasteiger partial charge on any atom is 0.175 e. The topological polar surface area (TPSA) is 47.0 Å². The van der Waals surface area contributed by atoms with Crippen molar-refractivity contribution < 1.29 is 12.8 Å². The van der Waals surface area contributed by atoms with E-state index in [0.717, 1.165) is 33.1 Å². The van der Waals surface area contributed by atoms with Crippen molar-refractivity contribution in [1.82, 2.24) is 4.98 Å². The first-order chi connectivity index (χ1) is 11.4. The number of benzene rings is 2. The van der Waals surface area contributed by atoms with Crippen LogP contribution in [0.4, 0.5) is 4.39 Å². The van der Waals surface area contributed by atoms with E-state index in [1.165, 1.54) is 18.4 Å². The largest absolute Gasteiger partial charge is 0.241 e. The number of aryl methyl sites for hydroxylation is 1. The molecule has 3 aromatic rings. The van der Waals surface area contributed by atoms with E-state index in [1.54, 1.807) is 47.7 Å². The normalized spacial score (nSPS) is 11.6. The van der Waals surface area contributed by atoms with Crippen LogP contribution in [0.15, 0.2) is 53.4 Å². The molecule has 0 bridgehead atoms. The third-order valence-corrected chi connectivity index (χ3v) is 6.01. The molecule has 0 saturated heterocycles. The van der Waals surface area contributed by atoms with E-state index in [1.807, 2.05) is 6.92 Å². The van der Waals surface area contributed by atoms with Gasteiger partial charge in [0.25, 0.3) is 0 Å². The molecular formula is C18H16FNO2S2. The van der Waals surface area contributed by atoms with Gasteiger partial charge in [0.15, 0.2) is 9.84 Å². The van der Waals surface area contributed by atoms with Crippen molar-refractivity contribution in [2.45, 2.75) is 18.2 Å². The molecule has 3 nitrogen and oxygen atoms in total. The summed E-state index contributed by atoms with van der Waals surface area (Å²) in [5, 5.41) is 0.983. The van der Waals surface area contributed by atoms with Crippen molar-refractivity contribution in [2.24, 2.45) is 0 Å². The van der Waals surface area contributed by atoms with Crippen molar-refractivity contribution in [3.05, 3.63) is 59.4 Å².